The molecule has 5 rings (SSSR count). The molecule has 9 nitrogen and oxygen atoms in total. The Morgan fingerprint density at radius 2 is 1.90 bits per heavy atom. The normalized spacial score (nSPS) is 44.1. The summed E-state index contributed by atoms with van der Waals surface area (Å²) in [6.07, 6.45) is 7.93. The van der Waals surface area contributed by atoms with Crippen molar-refractivity contribution in [3.63, 3.8) is 0 Å². The molecule has 9 heteroatoms. The molecule has 0 aliphatic carbocycles. The van der Waals surface area contributed by atoms with Gasteiger partial charge >= 0.3 is 0 Å². The lowest BCUT2D eigenvalue weighted by atomic mass is 9.92. The molecule has 30 heavy (non-hydrogen) atoms. The summed E-state index contributed by atoms with van der Waals surface area (Å²) in [4.78, 5) is 11.2. The fraction of sp³-hybridized carbons (Fsp3) is 1.00. The number of aliphatic hydroxyl groups excluding tert-OH is 1. The molecule has 5 N–H and O–H groups in total. The summed E-state index contributed by atoms with van der Waals surface area (Å²) in [6, 6.07) is 0.393. The van der Waals surface area contributed by atoms with Crippen LogP contribution in [0.5, 0.6) is 0 Å². The topological polar surface area (TPSA) is 95.1 Å². The molecule has 0 aromatic rings. The van der Waals surface area contributed by atoms with Crippen molar-refractivity contribution >= 4 is 0 Å². The van der Waals surface area contributed by atoms with E-state index in [1.54, 1.807) is 0 Å². The predicted molar refractivity (Wildman–Crippen MR) is 110 cm³/mol. The van der Waals surface area contributed by atoms with Gasteiger partial charge in [-0.05, 0) is 32.2 Å². The Labute approximate surface area is 179 Å². The molecule has 0 saturated carbocycles. The van der Waals surface area contributed by atoms with E-state index in [1.165, 1.54) is 25.8 Å². The van der Waals surface area contributed by atoms with Gasteiger partial charge in [0.05, 0.1) is 50.8 Å². The van der Waals surface area contributed by atoms with Gasteiger partial charge < -0.3 is 19.9 Å². The van der Waals surface area contributed by atoms with Gasteiger partial charge in [-0.3, -0.25) is 15.1 Å². The first kappa shape index (κ1) is 21.5. The minimum absolute atomic E-state index is 0.0328. The van der Waals surface area contributed by atoms with Crippen molar-refractivity contribution in [3.8, 4) is 0 Å². The summed E-state index contributed by atoms with van der Waals surface area (Å²) < 4.78 is 11.5. The van der Waals surface area contributed by atoms with E-state index in [-0.39, 0.29) is 31.2 Å². The van der Waals surface area contributed by atoms with Crippen LogP contribution >= 0.6 is 0 Å². The Kier molecular flexibility index (Phi) is 7.20. The third-order valence-electron chi connectivity index (χ3n) is 7.77. The fourth-order valence-electron chi connectivity index (χ4n) is 6.08. The third-order valence-corrected chi connectivity index (χ3v) is 7.77. The van der Waals surface area contributed by atoms with Crippen molar-refractivity contribution in [2.75, 3.05) is 52.5 Å². The van der Waals surface area contributed by atoms with Crippen LogP contribution in [0.4, 0.5) is 0 Å². The molecule has 5 aliphatic rings. The van der Waals surface area contributed by atoms with Crippen LogP contribution in [0.2, 0.25) is 0 Å². The summed E-state index contributed by atoms with van der Waals surface area (Å²) in [6.45, 7) is 7.21. The van der Waals surface area contributed by atoms with E-state index in [0.29, 0.717) is 18.1 Å². The van der Waals surface area contributed by atoms with Crippen LogP contribution < -0.4 is 16.1 Å². The molecule has 5 aliphatic heterocycles. The molecule has 0 aromatic carbocycles. The van der Waals surface area contributed by atoms with E-state index in [1.807, 2.05) is 0 Å². The van der Waals surface area contributed by atoms with Crippen molar-refractivity contribution < 1.29 is 24.7 Å². The lowest BCUT2D eigenvalue weighted by Gasteiger charge is -2.38. The van der Waals surface area contributed by atoms with Gasteiger partial charge in [-0.1, -0.05) is 0 Å². The average Bonchev–Trinajstić information content (AvgIpc) is 3.55. The smallest absolute Gasteiger partial charge is 0.146 e. The van der Waals surface area contributed by atoms with E-state index in [4.69, 9.17) is 14.3 Å². The van der Waals surface area contributed by atoms with Crippen molar-refractivity contribution in [3.05, 3.63) is 0 Å². The molecule has 0 bridgehead atoms. The number of hydrogen-bond acceptors (Lipinski definition) is 8. The zero-order valence-electron chi connectivity index (χ0n) is 18.1. The maximum absolute atomic E-state index is 9.34. The summed E-state index contributed by atoms with van der Waals surface area (Å²) in [5.41, 5.74) is 3.35. The molecule has 5 saturated heterocycles. The maximum atomic E-state index is 9.34. The minimum atomic E-state index is 0.0328. The number of aliphatic hydroxyl groups is 1. The monoisotopic (exact) mass is 426 g/mol. The minimum Gasteiger partial charge on any atom is -0.394 e. The molecule has 172 valence electrons. The van der Waals surface area contributed by atoms with Crippen molar-refractivity contribution in [1.82, 2.24) is 20.6 Å². The second-order valence-electron chi connectivity index (χ2n) is 9.67. The highest BCUT2D eigenvalue weighted by Gasteiger charge is 2.43. The Bertz CT molecular complexity index is 551. The zero-order valence-corrected chi connectivity index (χ0v) is 18.1. The van der Waals surface area contributed by atoms with Gasteiger partial charge in [0.2, 0.25) is 0 Å². The van der Waals surface area contributed by atoms with Gasteiger partial charge in [-0.2, -0.15) is 5.48 Å². The number of rotatable bonds is 6. The SMILES string of the molecule is OCC1CCC(CN2CCCC2C2NC(C3CC[NH2+]C(N4CCOCC4)C3)NO2)O1. The van der Waals surface area contributed by atoms with Crippen LogP contribution in [0, 0.1) is 5.92 Å². The highest BCUT2D eigenvalue weighted by atomic mass is 16.7. The van der Waals surface area contributed by atoms with Crippen molar-refractivity contribution in [1.29, 1.82) is 0 Å². The lowest BCUT2D eigenvalue weighted by molar-refractivity contribution is -0.720. The van der Waals surface area contributed by atoms with Gasteiger partial charge in [0.1, 0.15) is 12.4 Å². The molecule has 7 unspecified atom stereocenters. The maximum Gasteiger partial charge on any atom is 0.146 e. The highest BCUT2D eigenvalue weighted by molar-refractivity contribution is 4.92. The van der Waals surface area contributed by atoms with E-state index in [0.717, 1.165) is 58.7 Å². The number of piperidine rings is 1. The van der Waals surface area contributed by atoms with Gasteiger partial charge in [-0.15, -0.1) is 0 Å². The zero-order chi connectivity index (χ0) is 20.3. The molecule has 0 spiro atoms. The largest absolute Gasteiger partial charge is 0.394 e. The predicted octanol–water partition coefficient (Wildman–Crippen LogP) is -1.60. The Hall–Kier alpha value is -0.360. The van der Waals surface area contributed by atoms with Crippen LogP contribution in [-0.4, -0.2) is 104 Å². The van der Waals surface area contributed by atoms with Crippen molar-refractivity contribution in [2.24, 2.45) is 5.92 Å². The van der Waals surface area contributed by atoms with E-state index < -0.39 is 0 Å². The molecule has 5 heterocycles. The number of hydroxylamine groups is 1. The van der Waals surface area contributed by atoms with Gasteiger partial charge in [0, 0.05) is 38.4 Å². The summed E-state index contributed by atoms with van der Waals surface area (Å²) in [7, 11) is 0. The first-order valence-corrected chi connectivity index (χ1v) is 12.1. The van der Waals surface area contributed by atoms with Crippen LogP contribution in [0.15, 0.2) is 0 Å². The van der Waals surface area contributed by atoms with E-state index >= 15 is 0 Å². The molecule has 0 amide bonds. The Morgan fingerprint density at radius 1 is 1.03 bits per heavy atom. The van der Waals surface area contributed by atoms with E-state index in [2.05, 4.69) is 25.9 Å². The molecular formula is C21H40N5O4+. The number of hydrogen-bond donors (Lipinski definition) is 4. The van der Waals surface area contributed by atoms with Gasteiger partial charge in [0.15, 0.2) is 0 Å². The number of nitrogens with one attached hydrogen (secondary N) is 2. The van der Waals surface area contributed by atoms with Gasteiger partial charge in [0.25, 0.3) is 0 Å². The number of nitrogens with two attached hydrogens (primary N) is 1. The first-order chi connectivity index (χ1) is 14.8. The molecule has 5 fully saturated rings. The summed E-state index contributed by atoms with van der Waals surface area (Å²) >= 11 is 0. The van der Waals surface area contributed by atoms with Crippen molar-refractivity contribution in [2.45, 2.75) is 75.3 Å². The number of quaternary nitrogens is 1. The van der Waals surface area contributed by atoms with E-state index in [9.17, 15) is 5.11 Å². The Morgan fingerprint density at radius 3 is 2.73 bits per heavy atom. The van der Waals surface area contributed by atoms with Crippen LogP contribution in [0.3, 0.4) is 0 Å². The number of nitrogens with zero attached hydrogens (tertiary/aromatic N) is 2. The van der Waals surface area contributed by atoms with Crippen LogP contribution in [0.25, 0.3) is 0 Å². The second kappa shape index (κ2) is 10.1. The molecule has 7 atom stereocenters. The second-order valence-corrected chi connectivity index (χ2v) is 9.67. The standard InChI is InChI=1S/C21H39N5O4/c27-14-17-4-3-16(29-17)13-26-7-1-2-18(26)21-23-20(24-30-21)15-5-6-22-19(12-15)25-8-10-28-11-9-25/h15-24,27H,1-14H2/p+1. The molecular weight excluding hydrogens is 386 g/mol. The number of ether oxygens (including phenoxy) is 2. The average molecular weight is 427 g/mol. The summed E-state index contributed by atoms with van der Waals surface area (Å²) in [5.74, 6) is 0.589. The molecule has 0 radical (unpaired) electrons. The van der Waals surface area contributed by atoms with Crippen LogP contribution in [0.1, 0.15) is 38.5 Å². The fourth-order valence-corrected chi connectivity index (χ4v) is 6.08. The number of morpholine rings is 1. The number of likely N-dealkylation sites (tertiary alicyclic amines) is 1. The Balaban J connectivity index is 1.12. The third kappa shape index (κ3) is 4.84. The quantitative estimate of drug-likeness (QED) is 0.404. The molecule has 0 aromatic heterocycles. The first-order valence-electron chi connectivity index (χ1n) is 12.1. The summed E-state index contributed by atoms with van der Waals surface area (Å²) in [5, 5.41) is 15.6. The van der Waals surface area contributed by atoms with Gasteiger partial charge in [-0.25, -0.2) is 4.90 Å². The highest BCUT2D eigenvalue weighted by Crippen LogP contribution is 2.28. The lowest BCUT2D eigenvalue weighted by Crippen LogP contribution is -2.96. The van der Waals surface area contributed by atoms with Crippen LogP contribution in [-0.2, 0) is 14.3 Å².